The van der Waals surface area contributed by atoms with Crippen LogP contribution in [0.2, 0.25) is 0 Å². The van der Waals surface area contributed by atoms with Crippen LogP contribution in [0.5, 0.6) is 0 Å². The second-order valence-corrected chi connectivity index (χ2v) is 7.09. The predicted octanol–water partition coefficient (Wildman–Crippen LogP) is 3.32. The molecule has 1 atom stereocenters. The molecule has 1 aromatic rings. The van der Waals surface area contributed by atoms with E-state index < -0.39 is 0 Å². The molecular weight excluding hydrogens is 284 g/mol. The lowest BCUT2D eigenvalue weighted by Crippen LogP contribution is -2.47. The van der Waals surface area contributed by atoms with Crippen molar-refractivity contribution in [2.75, 3.05) is 31.6 Å². The van der Waals surface area contributed by atoms with Gasteiger partial charge in [0.15, 0.2) is 0 Å². The molecule has 4 heteroatoms. The highest BCUT2D eigenvalue weighted by Crippen LogP contribution is 2.30. The Labute approximate surface area is 134 Å². The van der Waals surface area contributed by atoms with Crippen LogP contribution in [0.3, 0.4) is 0 Å². The van der Waals surface area contributed by atoms with E-state index in [2.05, 4.69) is 49.2 Å². The number of nitrogens with zero attached hydrogens (tertiary/aromatic N) is 1. The average Bonchev–Trinajstić information content (AvgIpc) is 2.87. The van der Waals surface area contributed by atoms with Gasteiger partial charge in [0.25, 0.3) is 0 Å². The topological polar surface area (TPSA) is 24.5 Å². The van der Waals surface area contributed by atoms with Gasteiger partial charge in [0.2, 0.25) is 0 Å². The molecule has 2 aliphatic rings. The zero-order chi connectivity index (χ0) is 14.2. The first-order chi connectivity index (χ1) is 9.54. The molecule has 1 fully saturated rings. The summed E-state index contributed by atoms with van der Waals surface area (Å²) < 4.78 is 5.95. The molecule has 0 aromatic heterocycles. The number of nitrogens with one attached hydrogen (secondary N) is 1. The van der Waals surface area contributed by atoms with Gasteiger partial charge in [-0.15, -0.1) is 12.4 Å². The largest absolute Gasteiger partial charge is 0.384 e. The van der Waals surface area contributed by atoms with E-state index in [1.54, 1.807) is 0 Å². The molecule has 1 aromatic carbocycles. The number of para-hydroxylation sites is 1. The Balaban J connectivity index is 0.00000161. The Morgan fingerprint density at radius 3 is 2.90 bits per heavy atom. The number of benzene rings is 1. The Morgan fingerprint density at radius 1 is 1.33 bits per heavy atom. The normalized spacial score (nSPS) is 22.3. The van der Waals surface area contributed by atoms with Gasteiger partial charge in [-0.05, 0) is 23.0 Å². The third kappa shape index (κ3) is 3.71. The van der Waals surface area contributed by atoms with Crippen molar-refractivity contribution in [3.63, 3.8) is 0 Å². The van der Waals surface area contributed by atoms with Crippen LogP contribution in [-0.4, -0.2) is 37.2 Å². The first-order valence-corrected chi connectivity index (χ1v) is 7.72. The van der Waals surface area contributed by atoms with Gasteiger partial charge in [-0.2, -0.15) is 0 Å². The fraction of sp³-hybridized carbons (Fsp3) is 0.647. The number of fused-ring (bicyclic) bond motifs is 1. The van der Waals surface area contributed by atoms with E-state index in [4.69, 9.17) is 4.74 Å². The quantitative estimate of drug-likeness (QED) is 0.907. The van der Waals surface area contributed by atoms with E-state index >= 15 is 0 Å². The van der Waals surface area contributed by atoms with Crippen LogP contribution in [0.4, 0.5) is 5.69 Å². The van der Waals surface area contributed by atoms with Gasteiger partial charge in [0.05, 0.1) is 12.7 Å². The Kier molecular flexibility index (Phi) is 5.18. The molecule has 1 N–H and O–H groups in total. The summed E-state index contributed by atoms with van der Waals surface area (Å²) in [4.78, 5) is 2.54. The first-order valence-electron chi connectivity index (χ1n) is 7.72. The molecule has 1 unspecified atom stereocenters. The van der Waals surface area contributed by atoms with E-state index in [1.807, 2.05) is 0 Å². The highest BCUT2D eigenvalue weighted by Gasteiger charge is 2.31. The van der Waals surface area contributed by atoms with Gasteiger partial charge >= 0.3 is 0 Å². The molecule has 0 aliphatic carbocycles. The maximum atomic E-state index is 5.95. The van der Waals surface area contributed by atoms with Crippen LogP contribution in [-0.2, 0) is 17.7 Å². The van der Waals surface area contributed by atoms with Gasteiger partial charge in [-0.1, -0.05) is 39.0 Å². The third-order valence-electron chi connectivity index (χ3n) is 4.44. The van der Waals surface area contributed by atoms with Crippen LogP contribution in [0.15, 0.2) is 18.2 Å². The lowest BCUT2D eigenvalue weighted by Gasteiger charge is -2.39. The van der Waals surface area contributed by atoms with Crippen molar-refractivity contribution < 1.29 is 4.74 Å². The van der Waals surface area contributed by atoms with Crippen LogP contribution in [0, 0.1) is 5.41 Å². The van der Waals surface area contributed by atoms with Gasteiger partial charge in [0, 0.05) is 31.9 Å². The van der Waals surface area contributed by atoms with Crippen LogP contribution in [0.25, 0.3) is 0 Å². The molecule has 0 radical (unpaired) electrons. The van der Waals surface area contributed by atoms with Crippen LogP contribution < -0.4 is 5.32 Å². The van der Waals surface area contributed by atoms with Crippen LogP contribution in [0.1, 0.15) is 31.9 Å². The predicted molar refractivity (Wildman–Crippen MR) is 90.4 cm³/mol. The summed E-state index contributed by atoms with van der Waals surface area (Å²) >= 11 is 0. The molecule has 2 heterocycles. The van der Waals surface area contributed by atoms with Crippen molar-refractivity contribution >= 4 is 18.1 Å². The van der Waals surface area contributed by atoms with E-state index in [1.165, 1.54) is 16.8 Å². The van der Waals surface area contributed by atoms with E-state index in [0.717, 1.165) is 39.2 Å². The monoisotopic (exact) mass is 310 g/mol. The summed E-state index contributed by atoms with van der Waals surface area (Å²) in [7, 11) is 0. The SMILES string of the molecule is CC(C)(C)C1CN(Cc2cccc3c2NCC3)CCO1.Cl. The minimum absolute atomic E-state index is 0. The molecule has 0 saturated carbocycles. The standard InChI is InChI=1S/C17H26N2O.ClH/c1-17(2,3)15-12-19(9-10-20-15)11-14-6-4-5-13-7-8-18-16(13)14;/h4-6,15,18H,7-12H2,1-3H3;1H. The van der Waals surface area contributed by atoms with Gasteiger partial charge < -0.3 is 10.1 Å². The molecule has 0 spiro atoms. The number of ether oxygens (including phenoxy) is 1. The number of anilines is 1. The fourth-order valence-corrected chi connectivity index (χ4v) is 3.15. The molecule has 118 valence electrons. The van der Waals surface area contributed by atoms with Gasteiger partial charge in [0.1, 0.15) is 0 Å². The van der Waals surface area contributed by atoms with Crippen molar-refractivity contribution in [1.29, 1.82) is 0 Å². The number of hydrogen-bond acceptors (Lipinski definition) is 3. The maximum absolute atomic E-state index is 5.95. The van der Waals surface area contributed by atoms with E-state index in [9.17, 15) is 0 Å². The Morgan fingerprint density at radius 2 is 2.14 bits per heavy atom. The minimum atomic E-state index is 0. The maximum Gasteiger partial charge on any atom is 0.0750 e. The number of morpholine rings is 1. The summed E-state index contributed by atoms with van der Waals surface area (Å²) in [6.45, 7) is 11.8. The summed E-state index contributed by atoms with van der Waals surface area (Å²) in [5, 5.41) is 3.54. The Hall–Kier alpha value is -0.770. The fourth-order valence-electron chi connectivity index (χ4n) is 3.15. The lowest BCUT2D eigenvalue weighted by atomic mass is 9.88. The zero-order valence-corrected chi connectivity index (χ0v) is 14.1. The zero-order valence-electron chi connectivity index (χ0n) is 13.3. The smallest absolute Gasteiger partial charge is 0.0750 e. The molecule has 3 nitrogen and oxygen atoms in total. The third-order valence-corrected chi connectivity index (χ3v) is 4.44. The molecule has 3 rings (SSSR count). The number of halogens is 1. The van der Waals surface area contributed by atoms with Crippen LogP contribution >= 0.6 is 12.4 Å². The van der Waals surface area contributed by atoms with E-state index in [-0.39, 0.29) is 17.8 Å². The second-order valence-electron chi connectivity index (χ2n) is 7.09. The number of rotatable bonds is 2. The highest BCUT2D eigenvalue weighted by molar-refractivity contribution is 5.85. The van der Waals surface area contributed by atoms with Crippen molar-refractivity contribution in [2.45, 2.75) is 39.8 Å². The molecule has 0 bridgehead atoms. The molecule has 0 amide bonds. The summed E-state index contributed by atoms with van der Waals surface area (Å²) in [6, 6.07) is 6.71. The number of hydrogen-bond donors (Lipinski definition) is 1. The molecule has 2 aliphatic heterocycles. The second kappa shape index (κ2) is 6.55. The summed E-state index contributed by atoms with van der Waals surface area (Å²) in [6.07, 6.45) is 1.50. The lowest BCUT2D eigenvalue weighted by molar-refractivity contribution is -0.0815. The van der Waals surface area contributed by atoms with Crippen molar-refractivity contribution in [3.8, 4) is 0 Å². The average molecular weight is 311 g/mol. The first kappa shape index (κ1) is 16.6. The minimum Gasteiger partial charge on any atom is -0.384 e. The van der Waals surface area contributed by atoms with Gasteiger partial charge in [-0.25, -0.2) is 0 Å². The van der Waals surface area contributed by atoms with Crippen molar-refractivity contribution in [2.24, 2.45) is 5.41 Å². The molecular formula is C17H27ClN2O. The van der Waals surface area contributed by atoms with Gasteiger partial charge in [-0.3, -0.25) is 4.90 Å². The molecule has 1 saturated heterocycles. The van der Waals surface area contributed by atoms with Crippen molar-refractivity contribution in [1.82, 2.24) is 4.90 Å². The molecule has 21 heavy (non-hydrogen) atoms. The summed E-state index contributed by atoms with van der Waals surface area (Å²) in [5.74, 6) is 0. The summed E-state index contributed by atoms with van der Waals surface area (Å²) in [5.41, 5.74) is 4.51. The van der Waals surface area contributed by atoms with E-state index in [0.29, 0.717) is 6.10 Å². The highest BCUT2D eigenvalue weighted by atomic mass is 35.5. The Bertz CT molecular complexity index is 484. The van der Waals surface area contributed by atoms with Crippen molar-refractivity contribution in [3.05, 3.63) is 29.3 Å².